The number of rotatable bonds is 4. The maximum Gasteiger partial charge on any atom is 0.335 e. The number of halogens is 2. The predicted octanol–water partition coefficient (Wildman–Crippen LogP) is 1.99. The van der Waals surface area contributed by atoms with Gasteiger partial charge in [-0.2, -0.15) is 0 Å². The van der Waals surface area contributed by atoms with Crippen molar-refractivity contribution in [1.29, 1.82) is 0 Å². The zero-order valence-corrected chi connectivity index (χ0v) is 11.7. The topological polar surface area (TPSA) is 105 Å². The Morgan fingerprint density at radius 2 is 1.80 bits per heavy atom. The van der Waals surface area contributed by atoms with Crippen molar-refractivity contribution < 1.29 is 24.2 Å². The molecule has 20 heavy (non-hydrogen) atoms. The van der Waals surface area contributed by atoms with Gasteiger partial charge in [0.1, 0.15) is 6.54 Å². The van der Waals surface area contributed by atoms with Crippen molar-refractivity contribution >= 4 is 46.9 Å². The molecular formula is C11H10Cl2N2O5. The number of aromatic carboxylic acids is 1. The molecule has 108 valence electrons. The maximum atomic E-state index is 11.5. The minimum absolute atomic E-state index is 0.0388. The molecule has 0 unspecified atom stereocenters. The van der Waals surface area contributed by atoms with E-state index in [0.717, 1.165) is 12.1 Å². The molecule has 0 radical (unpaired) electrons. The molecule has 0 saturated heterocycles. The van der Waals surface area contributed by atoms with E-state index in [0.29, 0.717) is 0 Å². The largest absolute Gasteiger partial charge is 0.478 e. The molecule has 1 aromatic rings. The number of amides is 2. The van der Waals surface area contributed by atoms with Crippen LogP contribution in [0.4, 0.5) is 10.5 Å². The van der Waals surface area contributed by atoms with Gasteiger partial charge in [0.15, 0.2) is 0 Å². The van der Waals surface area contributed by atoms with Crippen LogP contribution < -0.4 is 10.6 Å². The Hall–Kier alpha value is -1.99. The number of ether oxygens (including phenoxy) is 1. The second-order valence-electron chi connectivity index (χ2n) is 3.50. The van der Waals surface area contributed by atoms with Gasteiger partial charge in [-0.15, -0.1) is 0 Å². The van der Waals surface area contributed by atoms with Gasteiger partial charge in [0.2, 0.25) is 0 Å². The van der Waals surface area contributed by atoms with Crippen LogP contribution in [0.2, 0.25) is 10.0 Å². The van der Waals surface area contributed by atoms with Gasteiger partial charge in [0, 0.05) is 0 Å². The molecule has 9 heteroatoms. The van der Waals surface area contributed by atoms with Crippen molar-refractivity contribution in [1.82, 2.24) is 5.32 Å². The molecule has 0 heterocycles. The molecular weight excluding hydrogens is 311 g/mol. The number of carboxylic acid groups (broad SMARTS) is 1. The number of anilines is 1. The van der Waals surface area contributed by atoms with Gasteiger partial charge in [0.25, 0.3) is 0 Å². The van der Waals surface area contributed by atoms with Crippen molar-refractivity contribution in [3.05, 3.63) is 27.7 Å². The third-order valence-corrected chi connectivity index (χ3v) is 2.74. The van der Waals surface area contributed by atoms with E-state index in [9.17, 15) is 14.4 Å². The minimum Gasteiger partial charge on any atom is -0.478 e. The summed E-state index contributed by atoms with van der Waals surface area (Å²) < 4.78 is 4.34. The predicted molar refractivity (Wildman–Crippen MR) is 72.5 cm³/mol. The Bertz CT molecular complexity index is 539. The third-order valence-electron chi connectivity index (χ3n) is 2.15. The SMILES string of the molecule is COC(=O)CNC(=O)Nc1c(Cl)cc(C(=O)O)cc1Cl. The second-order valence-corrected chi connectivity index (χ2v) is 4.32. The molecule has 0 bridgehead atoms. The molecule has 0 aliphatic heterocycles. The van der Waals surface area contributed by atoms with E-state index in [1.807, 2.05) is 0 Å². The number of nitrogens with one attached hydrogen (secondary N) is 2. The lowest BCUT2D eigenvalue weighted by molar-refractivity contribution is -0.139. The summed E-state index contributed by atoms with van der Waals surface area (Å²) in [6.45, 7) is -0.329. The van der Waals surface area contributed by atoms with Crippen molar-refractivity contribution in [2.75, 3.05) is 19.0 Å². The fraction of sp³-hybridized carbons (Fsp3) is 0.182. The van der Waals surface area contributed by atoms with Gasteiger partial charge >= 0.3 is 18.0 Å². The molecule has 1 rings (SSSR count). The smallest absolute Gasteiger partial charge is 0.335 e. The number of benzene rings is 1. The Labute approximate surface area is 123 Å². The summed E-state index contributed by atoms with van der Waals surface area (Å²) in [5, 5.41) is 13.3. The van der Waals surface area contributed by atoms with Crippen molar-refractivity contribution in [2.45, 2.75) is 0 Å². The number of carbonyl (C=O) groups excluding carboxylic acids is 2. The number of hydrogen-bond acceptors (Lipinski definition) is 4. The maximum absolute atomic E-state index is 11.5. The highest BCUT2D eigenvalue weighted by atomic mass is 35.5. The van der Waals surface area contributed by atoms with Gasteiger partial charge in [-0.1, -0.05) is 23.2 Å². The monoisotopic (exact) mass is 320 g/mol. The van der Waals surface area contributed by atoms with Crippen LogP contribution in [0.3, 0.4) is 0 Å². The second kappa shape index (κ2) is 6.97. The van der Waals surface area contributed by atoms with E-state index >= 15 is 0 Å². The molecule has 0 atom stereocenters. The summed E-state index contributed by atoms with van der Waals surface area (Å²) in [5.41, 5.74) is -0.0683. The first-order valence-electron chi connectivity index (χ1n) is 5.19. The van der Waals surface area contributed by atoms with Crippen molar-refractivity contribution in [2.24, 2.45) is 0 Å². The van der Waals surface area contributed by atoms with E-state index in [1.165, 1.54) is 7.11 Å². The normalized spacial score (nSPS) is 9.75. The highest BCUT2D eigenvalue weighted by molar-refractivity contribution is 6.40. The lowest BCUT2D eigenvalue weighted by atomic mass is 10.2. The number of carbonyl (C=O) groups is 3. The van der Waals surface area contributed by atoms with E-state index < -0.39 is 18.0 Å². The van der Waals surface area contributed by atoms with Gasteiger partial charge in [-0.25, -0.2) is 9.59 Å². The lowest BCUT2D eigenvalue weighted by Crippen LogP contribution is -2.33. The first kappa shape index (κ1) is 16.1. The summed E-state index contributed by atoms with van der Waals surface area (Å²) in [5.74, 6) is -1.82. The van der Waals surface area contributed by atoms with Crippen LogP contribution in [-0.4, -0.2) is 36.7 Å². The average Bonchev–Trinajstić information content (AvgIpc) is 2.39. The lowest BCUT2D eigenvalue weighted by Gasteiger charge is -2.11. The molecule has 0 fully saturated rings. The van der Waals surface area contributed by atoms with E-state index in [1.54, 1.807) is 0 Å². The quantitative estimate of drug-likeness (QED) is 0.736. The van der Waals surface area contributed by atoms with Crippen molar-refractivity contribution in [3.8, 4) is 0 Å². The van der Waals surface area contributed by atoms with E-state index in [-0.39, 0.29) is 27.8 Å². The van der Waals surface area contributed by atoms with Gasteiger partial charge in [-0.05, 0) is 12.1 Å². The van der Waals surface area contributed by atoms with E-state index in [2.05, 4.69) is 15.4 Å². The summed E-state index contributed by atoms with van der Waals surface area (Å²) >= 11 is 11.7. The Morgan fingerprint density at radius 1 is 1.25 bits per heavy atom. The Morgan fingerprint density at radius 3 is 2.25 bits per heavy atom. The molecule has 0 spiro atoms. The zero-order valence-electron chi connectivity index (χ0n) is 10.2. The van der Waals surface area contributed by atoms with Crippen LogP contribution in [0.5, 0.6) is 0 Å². The number of carboxylic acids is 1. The highest BCUT2D eigenvalue weighted by Gasteiger charge is 2.14. The van der Waals surface area contributed by atoms with Crippen LogP contribution in [0.25, 0.3) is 0 Å². The van der Waals surface area contributed by atoms with Crippen molar-refractivity contribution in [3.63, 3.8) is 0 Å². The Balaban J connectivity index is 2.80. The third kappa shape index (κ3) is 4.29. The highest BCUT2D eigenvalue weighted by Crippen LogP contribution is 2.31. The standard InChI is InChI=1S/C11H10Cl2N2O5/c1-20-8(16)4-14-11(19)15-9-6(12)2-5(10(17)18)3-7(9)13/h2-3H,4H2,1H3,(H,17,18)(H2,14,15,19). The number of urea groups is 1. The van der Waals surface area contributed by atoms with Crippen LogP contribution >= 0.6 is 23.2 Å². The summed E-state index contributed by atoms with van der Waals surface area (Å²) in [6.07, 6.45) is 0. The van der Waals surface area contributed by atoms with Crippen LogP contribution in [-0.2, 0) is 9.53 Å². The molecule has 0 aromatic heterocycles. The van der Waals surface area contributed by atoms with Gasteiger partial charge in [-0.3, -0.25) is 4.79 Å². The van der Waals surface area contributed by atoms with Crippen LogP contribution in [0, 0.1) is 0 Å². The molecule has 0 aliphatic carbocycles. The number of hydrogen-bond donors (Lipinski definition) is 3. The number of esters is 1. The summed E-state index contributed by atoms with van der Waals surface area (Å²) in [4.78, 5) is 33.1. The summed E-state index contributed by atoms with van der Waals surface area (Å²) in [6, 6.07) is 1.56. The molecule has 0 aliphatic rings. The fourth-order valence-electron chi connectivity index (χ4n) is 1.20. The molecule has 0 saturated carbocycles. The Kier molecular flexibility index (Phi) is 5.60. The molecule has 2 amide bonds. The first-order chi connectivity index (χ1) is 9.35. The average molecular weight is 321 g/mol. The zero-order chi connectivity index (χ0) is 15.3. The van der Waals surface area contributed by atoms with E-state index in [4.69, 9.17) is 28.3 Å². The van der Waals surface area contributed by atoms with Gasteiger partial charge in [0.05, 0.1) is 28.4 Å². The number of methoxy groups -OCH3 is 1. The van der Waals surface area contributed by atoms with Crippen LogP contribution in [0.1, 0.15) is 10.4 Å². The first-order valence-corrected chi connectivity index (χ1v) is 5.94. The molecule has 7 nitrogen and oxygen atoms in total. The molecule has 3 N–H and O–H groups in total. The fourth-order valence-corrected chi connectivity index (χ4v) is 1.78. The summed E-state index contributed by atoms with van der Waals surface area (Å²) in [7, 11) is 1.18. The van der Waals surface area contributed by atoms with Crippen LogP contribution in [0.15, 0.2) is 12.1 Å². The van der Waals surface area contributed by atoms with Gasteiger partial charge < -0.3 is 20.5 Å². The minimum atomic E-state index is -1.20. The molecule has 1 aromatic carbocycles.